The summed E-state index contributed by atoms with van der Waals surface area (Å²) in [5.74, 6) is 0. The second-order valence-corrected chi connectivity index (χ2v) is 6.16. The van der Waals surface area contributed by atoms with Crippen molar-refractivity contribution in [3.63, 3.8) is 0 Å². The van der Waals surface area contributed by atoms with E-state index >= 15 is 0 Å². The number of halogens is 1. The highest BCUT2D eigenvalue weighted by atomic mass is 79.9. The molecule has 0 bridgehead atoms. The molecular weight excluding hydrogens is 302 g/mol. The Bertz CT molecular complexity index is 377. The van der Waals surface area contributed by atoms with Gasteiger partial charge >= 0.3 is 0 Å². The van der Waals surface area contributed by atoms with Crippen molar-refractivity contribution >= 4 is 15.9 Å². The molecule has 0 aliphatic heterocycles. The van der Waals surface area contributed by atoms with E-state index < -0.39 is 0 Å². The van der Waals surface area contributed by atoms with E-state index in [0.717, 1.165) is 17.6 Å². The minimum absolute atomic E-state index is 0.167. The van der Waals surface area contributed by atoms with Gasteiger partial charge in [0.05, 0.1) is 12.2 Å². The van der Waals surface area contributed by atoms with Gasteiger partial charge in [-0.05, 0) is 37.1 Å². The Morgan fingerprint density at radius 3 is 2.79 bits per heavy atom. The minimum Gasteiger partial charge on any atom is -0.369 e. The van der Waals surface area contributed by atoms with E-state index in [4.69, 9.17) is 4.74 Å². The SMILES string of the molecule is CCNCC(OC1CCCCC1)c1cccc(Br)c1. The van der Waals surface area contributed by atoms with Crippen molar-refractivity contribution < 1.29 is 4.74 Å². The molecule has 1 N–H and O–H groups in total. The quantitative estimate of drug-likeness (QED) is 0.834. The van der Waals surface area contributed by atoms with Crippen molar-refractivity contribution in [1.29, 1.82) is 0 Å². The summed E-state index contributed by atoms with van der Waals surface area (Å²) < 4.78 is 7.48. The van der Waals surface area contributed by atoms with Gasteiger partial charge < -0.3 is 10.1 Å². The number of rotatable bonds is 6. The van der Waals surface area contributed by atoms with Crippen molar-refractivity contribution in [3.8, 4) is 0 Å². The summed E-state index contributed by atoms with van der Waals surface area (Å²) in [6.07, 6.45) is 7.05. The number of benzene rings is 1. The molecule has 1 unspecified atom stereocenters. The molecule has 1 aliphatic carbocycles. The van der Waals surface area contributed by atoms with Crippen LogP contribution in [0, 0.1) is 0 Å². The molecule has 1 atom stereocenters. The molecule has 0 saturated heterocycles. The fraction of sp³-hybridized carbons (Fsp3) is 0.625. The number of hydrogen-bond acceptors (Lipinski definition) is 2. The third-order valence-electron chi connectivity index (χ3n) is 3.71. The molecule has 106 valence electrons. The molecule has 19 heavy (non-hydrogen) atoms. The van der Waals surface area contributed by atoms with Crippen LogP contribution >= 0.6 is 15.9 Å². The molecule has 1 fully saturated rings. The lowest BCUT2D eigenvalue weighted by atomic mass is 9.97. The number of ether oxygens (including phenoxy) is 1. The zero-order valence-corrected chi connectivity index (χ0v) is 13.3. The van der Waals surface area contributed by atoms with Gasteiger partial charge in [-0.1, -0.05) is 54.2 Å². The average molecular weight is 326 g/mol. The van der Waals surface area contributed by atoms with Crippen LogP contribution in [0.5, 0.6) is 0 Å². The number of nitrogens with one attached hydrogen (secondary N) is 1. The summed E-state index contributed by atoms with van der Waals surface area (Å²) in [4.78, 5) is 0. The molecule has 0 spiro atoms. The Balaban J connectivity index is 2.01. The summed E-state index contributed by atoms with van der Waals surface area (Å²) in [6.45, 7) is 4.01. The van der Waals surface area contributed by atoms with E-state index in [0.29, 0.717) is 6.10 Å². The highest BCUT2D eigenvalue weighted by Gasteiger charge is 2.20. The van der Waals surface area contributed by atoms with E-state index in [1.165, 1.54) is 37.7 Å². The summed E-state index contributed by atoms with van der Waals surface area (Å²) >= 11 is 3.55. The maximum atomic E-state index is 6.35. The van der Waals surface area contributed by atoms with Gasteiger partial charge in [-0.25, -0.2) is 0 Å². The second kappa shape index (κ2) is 8.03. The van der Waals surface area contributed by atoms with E-state index in [1.807, 2.05) is 0 Å². The smallest absolute Gasteiger partial charge is 0.0953 e. The van der Waals surface area contributed by atoms with Gasteiger partial charge in [0.25, 0.3) is 0 Å². The first-order chi connectivity index (χ1) is 9.29. The number of likely N-dealkylation sites (N-methyl/N-ethyl adjacent to an activating group) is 1. The molecule has 1 saturated carbocycles. The van der Waals surface area contributed by atoms with E-state index in [-0.39, 0.29) is 6.10 Å². The third-order valence-corrected chi connectivity index (χ3v) is 4.20. The van der Waals surface area contributed by atoms with E-state index in [1.54, 1.807) is 0 Å². The lowest BCUT2D eigenvalue weighted by Crippen LogP contribution is -2.27. The van der Waals surface area contributed by atoms with Crippen molar-refractivity contribution in [1.82, 2.24) is 5.32 Å². The number of hydrogen-bond donors (Lipinski definition) is 1. The maximum Gasteiger partial charge on any atom is 0.0953 e. The summed E-state index contributed by atoms with van der Waals surface area (Å²) in [7, 11) is 0. The van der Waals surface area contributed by atoms with Crippen LogP contribution in [-0.4, -0.2) is 19.2 Å². The molecule has 1 aromatic carbocycles. The van der Waals surface area contributed by atoms with Gasteiger partial charge in [-0.3, -0.25) is 0 Å². The maximum absolute atomic E-state index is 6.35. The van der Waals surface area contributed by atoms with Crippen LogP contribution in [0.4, 0.5) is 0 Å². The van der Waals surface area contributed by atoms with Crippen LogP contribution in [0.1, 0.15) is 50.7 Å². The lowest BCUT2D eigenvalue weighted by Gasteiger charge is -2.28. The van der Waals surface area contributed by atoms with Crippen LogP contribution in [0.25, 0.3) is 0 Å². The first-order valence-corrected chi connectivity index (χ1v) is 8.20. The van der Waals surface area contributed by atoms with Gasteiger partial charge in [0.2, 0.25) is 0 Å². The monoisotopic (exact) mass is 325 g/mol. The van der Waals surface area contributed by atoms with Crippen molar-refractivity contribution in [2.45, 2.75) is 51.2 Å². The minimum atomic E-state index is 0.167. The topological polar surface area (TPSA) is 21.3 Å². The standard InChI is InChI=1S/C16H24BrNO/c1-2-18-12-16(13-7-6-8-14(17)11-13)19-15-9-4-3-5-10-15/h6-8,11,15-16,18H,2-5,9-10,12H2,1H3. The van der Waals surface area contributed by atoms with Gasteiger partial charge in [-0.15, -0.1) is 0 Å². The van der Waals surface area contributed by atoms with Gasteiger partial charge in [0.1, 0.15) is 0 Å². The molecule has 0 radical (unpaired) electrons. The molecule has 2 rings (SSSR count). The Hall–Kier alpha value is -0.380. The second-order valence-electron chi connectivity index (χ2n) is 5.25. The van der Waals surface area contributed by atoms with Crippen LogP contribution in [0.2, 0.25) is 0 Å². The molecule has 0 heterocycles. The fourth-order valence-corrected chi connectivity index (χ4v) is 3.08. The van der Waals surface area contributed by atoms with Crippen LogP contribution in [0.3, 0.4) is 0 Å². The molecule has 0 aromatic heterocycles. The predicted molar refractivity (Wildman–Crippen MR) is 83.4 cm³/mol. The molecule has 3 heteroatoms. The van der Waals surface area contributed by atoms with Gasteiger partial charge in [0, 0.05) is 11.0 Å². The average Bonchev–Trinajstić information content (AvgIpc) is 2.44. The lowest BCUT2D eigenvalue weighted by molar-refractivity contribution is -0.0304. The summed E-state index contributed by atoms with van der Waals surface area (Å²) in [5.41, 5.74) is 1.26. The van der Waals surface area contributed by atoms with Gasteiger partial charge in [-0.2, -0.15) is 0 Å². The molecule has 1 aromatic rings. The van der Waals surface area contributed by atoms with Crippen molar-refractivity contribution in [3.05, 3.63) is 34.3 Å². The molecular formula is C16H24BrNO. The van der Waals surface area contributed by atoms with E-state index in [9.17, 15) is 0 Å². The van der Waals surface area contributed by atoms with Crippen molar-refractivity contribution in [2.24, 2.45) is 0 Å². The van der Waals surface area contributed by atoms with Gasteiger partial charge in [0.15, 0.2) is 0 Å². The third kappa shape index (κ3) is 4.90. The first kappa shape index (κ1) is 15.0. The van der Waals surface area contributed by atoms with Crippen molar-refractivity contribution in [2.75, 3.05) is 13.1 Å². The largest absolute Gasteiger partial charge is 0.369 e. The summed E-state index contributed by atoms with van der Waals surface area (Å²) in [6, 6.07) is 8.48. The Kier molecular flexibility index (Phi) is 6.35. The Morgan fingerprint density at radius 1 is 1.32 bits per heavy atom. The van der Waals surface area contributed by atoms with Crippen LogP contribution in [0.15, 0.2) is 28.7 Å². The van der Waals surface area contributed by atoms with Crippen LogP contribution in [-0.2, 0) is 4.74 Å². The molecule has 2 nitrogen and oxygen atoms in total. The zero-order valence-electron chi connectivity index (χ0n) is 11.7. The zero-order chi connectivity index (χ0) is 13.5. The highest BCUT2D eigenvalue weighted by molar-refractivity contribution is 9.10. The fourth-order valence-electron chi connectivity index (χ4n) is 2.66. The summed E-state index contributed by atoms with van der Waals surface area (Å²) in [5, 5.41) is 3.42. The molecule has 1 aliphatic rings. The Morgan fingerprint density at radius 2 is 2.11 bits per heavy atom. The molecule has 0 amide bonds. The highest BCUT2D eigenvalue weighted by Crippen LogP contribution is 2.28. The normalized spacial score (nSPS) is 18.4. The predicted octanol–water partition coefficient (Wildman–Crippen LogP) is 4.45. The Labute approximate surface area is 125 Å². The van der Waals surface area contributed by atoms with E-state index in [2.05, 4.69) is 52.4 Å². The van der Waals surface area contributed by atoms with Crippen LogP contribution < -0.4 is 5.32 Å². The first-order valence-electron chi connectivity index (χ1n) is 7.41.